The molecule has 1 aliphatic rings. The number of ether oxygens (including phenoxy) is 3. The van der Waals surface area contributed by atoms with Crippen molar-refractivity contribution in [1.29, 1.82) is 0 Å². The second-order valence-electron chi connectivity index (χ2n) is 5.59. The van der Waals surface area contributed by atoms with E-state index in [1.165, 1.54) is 12.0 Å². The van der Waals surface area contributed by atoms with E-state index in [1.807, 2.05) is 6.92 Å². The third-order valence-corrected chi connectivity index (χ3v) is 2.97. The minimum atomic E-state index is -1.08. The normalized spacial score (nSPS) is 23.9. The Bertz CT molecular complexity index is 349. The summed E-state index contributed by atoms with van der Waals surface area (Å²) in [5.41, 5.74) is -1.64. The van der Waals surface area contributed by atoms with Crippen LogP contribution in [0.4, 0.5) is 4.79 Å². The summed E-state index contributed by atoms with van der Waals surface area (Å²) in [5.74, 6) is -0.455. The van der Waals surface area contributed by atoms with Crippen LogP contribution in [-0.4, -0.2) is 55.0 Å². The van der Waals surface area contributed by atoms with Crippen LogP contribution in [0.25, 0.3) is 0 Å². The molecule has 1 fully saturated rings. The van der Waals surface area contributed by atoms with Gasteiger partial charge in [-0.15, -0.1) is 0 Å². The SMILES string of the molecule is CCC1(C(=O)OC)CN(C(=O)OC(C)(C)C)CCO1. The molecule has 6 heteroatoms. The monoisotopic (exact) mass is 273 g/mol. The number of rotatable bonds is 2. The number of morpholine rings is 1. The van der Waals surface area contributed by atoms with E-state index in [0.29, 0.717) is 19.6 Å². The molecule has 6 nitrogen and oxygen atoms in total. The summed E-state index contributed by atoms with van der Waals surface area (Å²) in [7, 11) is 1.32. The van der Waals surface area contributed by atoms with E-state index in [9.17, 15) is 9.59 Å². The zero-order valence-electron chi connectivity index (χ0n) is 12.3. The lowest BCUT2D eigenvalue weighted by Crippen LogP contribution is -2.58. The fraction of sp³-hybridized carbons (Fsp3) is 0.846. The summed E-state index contributed by atoms with van der Waals surface area (Å²) in [6.45, 7) is 8.10. The molecule has 0 spiro atoms. The van der Waals surface area contributed by atoms with Crippen molar-refractivity contribution in [1.82, 2.24) is 4.90 Å². The van der Waals surface area contributed by atoms with Crippen LogP contribution in [0, 0.1) is 0 Å². The molecule has 1 amide bonds. The maximum atomic E-state index is 12.0. The topological polar surface area (TPSA) is 65.1 Å². The molecule has 1 unspecified atom stereocenters. The van der Waals surface area contributed by atoms with Gasteiger partial charge >= 0.3 is 12.1 Å². The highest BCUT2D eigenvalue weighted by Gasteiger charge is 2.45. The Balaban J connectivity index is 2.78. The molecule has 1 atom stereocenters. The fourth-order valence-corrected chi connectivity index (χ4v) is 1.93. The van der Waals surface area contributed by atoms with Gasteiger partial charge in [-0.2, -0.15) is 0 Å². The molecule has 0 aromatic carbocycles. The maximum Gasteiger partial charge on any atom is 0.410 e. The Morgan fingerprint density at radius 1 is 1.37 bits per heavy atom. The third kappa shape index (κ3) is 3.83. The minimum Gasteiger partial charge on any atom is -0.467 e. The molecule has 0 aromatic heterocycles. The lowest BCUT2D eigenvalue weighted by atomic mass is 9.98. The first-order valence-corrected chi connectivity index (χ1v) is 6.44. The number of hydrogen-bond acceptors (Lipinski definition) is 5. The van der Waals surface area contributed by atoms with Crippen LogP contribution in [0.3, 0.4) is 0 Å². The number of methoxy groups -OCH3 is 1. The van der Waals surface area contributed by atoms with E-state index in [2.05, 4.69) is 0 Å². The van der Waals surface area contributed by atoms with Gasteiger partial charge in [0.25, 0.3) is 0 Å². The molecule has 0 radical (unpaired) electrons. The lowest BCUT2D eigenvalue weighted by Gasteiger charge is -2.40. The minimum absolute atomic E-state index is 0.158. The van der Waals surface area contributed by atoms with Gasteiger partial charge in [-0.25, -0.2) is 9.59 Å². The molecule has 0 aromatic rings. The van der Waals surface area contributed by atoms with Crippen molar-refractivity contribution in [2.45, 2.75) is 45.3 Å². The van der Waals surface area contributed by atoms with E-state index in [4.69, 9.17) is 14.2 Å². The van der Waals surface area contributed by atoms with Crippen molar-refractivity contribution in [3.63, 3.8) is 0 Å². The van der Waals surface area contributed by atoms with E-state index >= 15 is 0 Å². The lowest BCUT2D eigenvalue weighted by molar-refractivity contribution is -0.180. The van der Waals surface area contributed by atoms with Gasteiger partial charge in [0.2, 0.25) is 0 Å². The predicted octanol–water partition coefficient (Wildman–Crippen LogP) is 1.58. The molecule has 0 N–H and O–H groups in total. The zero-order valence-corrected chi connectivity index (χ0v) is 12.3. The molecule has 1 heterocycles. The Morgan fingerprint density at radius 2 is 2.00 bits per heavy atom. The van der Waals surface area contributed by atoms with Gasteiger partial charge in [0, 0.05) is 6.54 Å². The second kappa shape index (κ2) is 5.77. The van der Waals surface area contributed by atoms with Crippen LogP contribution in [-0.2, 0) is 19.0 Å². The quantitative estimate of drug-likeness (QED) is 0.715. The number of hydrogen-bond donors (Lipinski definition) is 0. The Labute approximate surface area is 114 Å². The van der Waals surface area contributed by atoms with Gasteiger partial charge in [0.05, 0.1) is 20.3 Å². The Hall–Kier alpha value is -1.30. The average molecular weight is 273 g/mol. The van der Waals surface area contributed by atoms with Crippen LogP contribution >= 0.6 is 0 Å². The predicted molar refractivity (Wildman–Crippen MR) is 68.8 cm³/mol. The van der Waals surface area contributed by atoms with Crippen molar-refractivity contribution >= 4 is 12.1 Å². The number of nitrogens with zero attached hydrogens (tertiary/aromatic N) is 1. The van der Waals surface area contributed by atoms with Gasteiger partial charge in [0.1, 0.15) is 5.60 Å². The van der Waals surface area contributed by atoms with Gasteiger partial charge in [-0.1, -0.05) is 6.92 Å². The van der Waals surface area contributed by atoms with Crippen molar-refractivity contribution < 1.29 is 23.8 Å². The van der Waals surface area contributed by atoms with Crippen LogP contribution in [0.15, 0.2) is 0 Å². The van der Waals surface area contributed by atoms with Gasteiger partial charge in [0.15, 0.2) is 5.60 Å². The smallest absolute Gasteiger partial charge is 0.410 e. The summed E-state index contributed by atoms with van der Waals surface area (Å²) in [6, 6.07) is 0. The number of esters is 1. The molecule has 0 aliphatic carbocycles. The summed E-state index contributed by atoms with van der Waals surface area (Å²) in [5, 5.41) is 0. The van der Waals surface area contributed by atoms with E-state index in [-0.39, 0.29) is 6.54 Å². The molecule has 1 rings (SSSR count). The first-order chi connectivity index (χ1) is 8.74. The molecular weight excluding hydrogens is 250 g/mol. The molecule has 1 aliphatic heterocycles. The van der Waals surface area contributed by atoms with Crippen molar-refractivity contribution in [2.75, 3.05) is 26.8 Å². The number of amides is 1. The van der Waals surface area contributed by atoms with Crippen LogP contribution in [0.5, 0.6) is 0 Å². The average Bonchev–Trinajstić information content (AvgIpc) is 2.35. The summed E-state index contributed by atoms with van der Waals surface area (Å²) in [6.07, 6.45) is 0.0106. The number of carbonyl (C=O) groups is 2. The largest absolute Gasteiger partial charge is 0.467 e. The van der Waals surface area contributed by atoms with Crippen molar-refractivity contribution in [2.24, 2.45) is 0 Å². The van der Waals surface area contributed by atoms with Crippen LogP contribution in [0.1, 0.15) is 34.1 Å². The fourth-order valence-electron chi connectivity index (χ4n) is 1.93. The van der Waals surface area contributed by atoms with Gasteiger partial charge < -0.3 is 19.1 Å². The molecular formula is C13H23NO5. The summed E-state index contributed by atoms with van der Waals surface area (Å²) in [4.78, 5) is 25.4. The summed E-state index contributed by atoms with van der Waals surface area (Å²) < 4.78 is 15.6. The Morgan fingerprint density at radius 3 is 2.47 bits per heavy atom. The standard InChI is InChI=1S/C13H23NO5/c1-6-13(10(15)17-5)9-14(7-8-18-13)11(16)19-12(2,3)4/h6-9H2,1-5H3. The maximum absolute atomic E-state index is 12.0. The van der Waals surface area contributed by atoms with E-state index < -0.39 is 23.3 Å². The second-order valence-corrected chi connectivity index (χ2v) is 5.59. The van der Waals surface area contributed by atoms with Crippen LogP contribution < -0.4 is 0 Å². The highest BCUT2D eigenvalue weighted by Crippen LogP contribution is 2.24. The first-order valence-electron chi connectivity index (χ1n) is 6.44. The third-order valence-electron chi connectivity index (χ3n) is 2.97. The first kappa shape index (κ1) is 15.8. The van der Waals surface area contributed by atoms with Gasteiger partial charge in [-0.05, 0) is 27.2 Å². The number of carbonyl (C=O) groups excluding carboxylic acids is 2. The molecule has 19 heavy (non-hydrogen) atoms. The molecule has 0 bridgehead atoms. The van der Waals surface area contributed by atoms with Crippen LogP contribution in [0.2, 0.25) is 0 Å². The van der Waals surface area contributed by atoms with Gasteiger partial charge in [-0.3, -0.25) is 0 Å². The van der Waals surface area contributed by atoms with E-state index in [0.717, 1.165) is 0 Å². The Kier molecular flexibility index (Phi) is 4.79. The van der Waals surface area contributed by atoms with E-state index in [1.54, 1.807) is 20.8 Å². The zero-order chi connectivity index (χ0) is 14.7. The molecule has 0 saturated carbocycles. The summed E-state index contributed by atoms with van der Waals surface area (Å²) >= 11 is 0. The van der Waals surface area contributed by atoms with Crippen molar-refractivity contribution in [3.8, 4) is 0 Å². The molecule has 110 valence electrons. The molecule has 1 saturated heterocycles. The highest BCUT2D eigenvalue weighted by atomic mass is 16.6. The highest BCUT2D eigenvalue weighted by molar-refractivity contribution is 5.81. The van der Waals surface area contributed by atoms with Crippen molar-refractivity contribution in [3.05, 3.63) is 0 Å².